The molecule has 2 heterocycles. The molecule has 1 N–H and O–H groups in total. The summed E-state index contributed by atoms with van der Waals surface area (Å²) in [5.41, 5.74) is -0.712. The smallest absolute Gasteiger partial charge is 0.311 e. The summed E-state index contributed by atoms with van der Waals surface area (Å²) >= 11 is 0. The largest absolute Gasteiger partial charge is 0.481 e. The molecule has 1 fully saturated rings. The highest BCUT2D eigenvalue weighted by atomic mass is 16.5. The molecule has 0 bridgehead atoms. The molecule has 1 saturated heterocycles. The van der Waals surface area contributed by atoms with Gasteiger partial charge in [-0.3, -0.25) is 9.78 Å². The van der Waals surface area contributed by atoms with Gasteiger partial charge in [-0.05, 0) is 27.2 Å². The van der Waals surface area contributed by atoms with Crippen molar-refractivity contribution in [2.75, 3.05) is 18.0 Å². The highest BCUT2D eigenvalue weighted by Crippen LogP contribution is 2.32. The average molecular weight is 265 g/mol. The molecule has 2 rings (SSSR count). The van der Waals surface area contributed by atoms with Crippen LogP contribution >= 0.6 is 0 Å². The van der Waals surface area contributed by atoms with Crippen molar-refractivity contribution >= 4 is 11.8 Å². The third kappa shape index (κ3) is 2.94. The normalized spacial score (nSPS) is 22.8. The van der Waals surface area contributed by atoms with Crippen LogP contribution in [-0.2, 0) is 4.79 Å². The van der Waals surface area contributed by atoms with E-state index in [1.54, 1.807) is 19.3 Å². The number of rotatable bonds is 4. The molecular weight excluding hydrogens is 246 g/mol. The standard InChI is InChI=1S/C13H19N3O3/c1-9(2)19-11-7-14-6-10(15-11)16-5-4-13(3,8-16)12(17)18/h6-7,9H,4-5,8H2,1-3H3,(H,17,18). The summed E-state index contributed by atoms with van der Waals surface area (Å²) in [7, 11) is 0. The number of hydrogen-bond acceptors (Lipinski definition) is 5. The molecule has 1 aromatic heterocycles. The van der Waals surface area contributed by atoms with Gasteiger partial charge in [0.1, 0.15) is 0 Å². The van der Waals surface area contributed by atoms with E-state index in [9.17, 15) is 9.90 Å². The first kappa shape index (κ1) is 13.6. The van der Waals surface area contributed by atoms with Crippen molar-refractivity contribution in [3.8, 4) is 5.88 Å². The Hall–Kier alpha value is -1.85. The maximum Gasteiger partial charge on any atom is 0.311 e. The predicted octanol–water partition coefficient (Wildman–Crippen LogP) is 1.56. The number of aromatic nitrogens is 2. The molecule has 0 aromatic carbocycles. The van der Waals surface area contributed by atoms with E-state index in [1.165, 1.54) is 0 Å². The number of anilines is 1. The molecule has 0 aliphatic carbocycles. The second-order valence-corrected chi connectivity index (χ2v) is 5.42. The van der Waals surface area contributed by atoms with E-state index in [0.717, 1.165) is 0 Å². The molecule has 6 nitrogen and oxygen atoms in total. The third-order valence-corrected chi connectivity index (χ3v) is 3.27. The van der Waals surface area contributed by atoms with Crippen LogP contribution in [0, 0.1) is 5.41 Å². The van der Waals surface area contributed by atoms with Crippen molar-refractivity contribution < 1.29 is 14.6 Å². The Labute approximate surface area is 112 Å². The molecule has 19 heavy (non-hydrogen) atoms. The quantitative estimate of drug-likeness (QED) is 0.890. The number of carbonyl (C=O) groups is 1. The number of nitrogens with zero attached hydrogens (tertiary/aromatic N) is 3. The van der Waals surface area contributed by atoms with E-state index in [1.807, 2.05) is 18.7 Å². The highest BCUT2D eigenvalue weighted by Gasteiger charge is 2.41. The molecule has 6 heteroatoms. The molecule has 1 aromatic rings. The lowest BCUT2D eigenvalue weighted by Crippen LogP contribution is -2.32. The van der Waals surface area contributed by atoms with Gasteiger partial charge < -0.3 is 14.7 Å². The summed E-state index contributed by atoms with van der Waals surface area (Å²) < 4.78 is 5.50. The van der Waals surface area contributed by atoms with Crippen LogP contribution in [0.4, 0.5) is 5.82 Å². The maximum atomic E-state index is 11.2. The highest BCUT2D eigenvalue weighted by molar-refractivity contribution is 5.76. The van der Waals surface area contributed by atoms with Gasteiger partial charge in [0.05, 0.1) is 23.9 Å². The van der Waals surface area contributed by atoms with Crippen molar-refractivity contribution in [1.29, 1.82) is 0 Å². The van der Waals surface area contributed by atoms with E-state index >= 15 is 0 Å². The molecule has 1 atom stereocenters. The topological polar surface area (TPSA) is 75.5 Å². The lowest BCUT2D eigenvalue weighted by Gasteiger charge is -2.21. The summed E-state index contributed by atoms with van der Waals surface area (Å²) in [5.74, 6) is 0.372. The van der Waals surface area contributed by atoms with Crippen LogP contribution in [0.3, 0.4) is 0 Å². The minimum absolute atomic E-state index is 0.0346. The fourth-order valence-corrected chi connectivity index (χ4v) is 2.12. The van der Waals surface area contributed by atoms with E-state index in [4.69, 9.17) is 4.74 Å². The van der Waals surface area contributed by atoms with Crippen molar-refractivity contribution in [3.05, 3.63) is 12.4 Å². The molecule has 0 saturated carbocycles. The van der Waals surface area contributed by atoms with Crippen LogP contribution in [0.1, 0.15) is 27.2 Å². The first-order valence-electron chi connectivity index (χ1n) is 6.38. The molecular formula is C13H19N3O3. The van der Waals surface area contributed by atoms with Crippen molar-refractivity contribution in [2.45, 2.75) is 33.3 Å². The summed E-state index contributed by atoms with van der Waals surface area (Å²) in [6.45, 7) is 6.72. The Morgan fingerprint density at radius 1 is 1.53 bits per heavy atom. The van der Waals surface area contributed by atoms with E-state index in [-0.39, 0.29) is 6.10 Å². The molecule has 0 amide bonds. The monoisotopic (exact) mass is 265 g/mol. The molecule has 1 unspecified atom stereocenters. The minimum Gasteiger partial charge on any atom is -0.481 e. The molecule has 0 spiro atoms. The van der Waals surface area contributed by atoms with E-state index < -0.39 is 11.4 Å². The van der Waals surface area contributed by atoms with Crippen LogP contribution < -0.4 is 9.64 Å². The number of carboxylic acid groups (broad SMARTS) is 1. The molecule has 1 aliphatic rings. The van der Waals surface area contributed by atoms with Crippen molar-refractivity contribution in [1.82, 2.24) is 9.97 Å². The van der Waals surface area contributed by atoms with Crippen LogP contribution in [-0.4, -0.2) is 40.2 Å². The average Bonchev–Trinajstić information content (AvgIpc) is 2.73. The number of hydrogen-bond donors (Lipinski definition) is 1. The van der Waals surface area contributed by atoms with Gasteiger partial charge in [0.2, 0.25) is 5.88 Å². The first-order valence-corrected chi connectivity index (χ1v) is 6.38. The summed E-state index contributed by atoms with van der Waals surface area (Å²) in [4.78, 5) is 21.6. The van der Waals surface area contributed by atoms with Gasteiger partial charge in [-0.2, -0.15) is 4.98 Å². The van der Waals surface area contributed by atoms with Crippen LogP contribution in [0.5, 0.6) is 5.88 Å². The lowest BCUT2D eigenvalue weighted by molar-refractivity contribution is -0.146. The van der Waals surface area contributed by atoms with Gasteiger partial charge in [-0.1, -0.05) is 0 Å². The van der Waals surface area contributed by atoms with Gasteiger partial charge in [-0.25, -0.2) is 0 Å². The zero-order valence-electron chi connectivity index (χ0n) is 11.5. The Bertz CT molecular complexity index is 478. The summed E-state index contributed by atoms with van der Waals surface area (Å²) in [6.07, 6.45) is 3.85. The number of carboxylic acids is 1. The molecule has 1 aliphatic heterocycles. The van der Waals surface area contributed by atoms with Crippen LogP contribution in [0.15, 0.2) is 12.4 Å². The lowest BCUT2D eigenvalue weighted by atomic mass is 9.90. The minimum atomic E-state index is -0.766. The SMILES string of the molecule is CC(C)Oc1cncc(N2CCC(C)(C(=O)O)C2)n1. The molecule has 104 valence electrons. The second kappa shape index (κ2) is 5.03. The van der Waals surface area contributed by atoms with E-state index in [0.29, 0.717) is 31.2 Å². The zero-order valence-corrected chi connectivity index (χ0v) is 11.5. The van der Waals surface area contributed by atoms with Crippen LogP contribution in [0.2, 0.25) is 0 Å². The Morgan fingerprint density at radius 2 is 2.26 bits per heavy atom. The van der Waals surface area contributed by atoms with Crippen molar-refractivity contribution in [2.24, 2.45) is 5.41 Å². The fourth-order valence-electron chi connectivity index (χ4n) is 2.12. The summed E-state index contributed by atoms with van der Waals surface area (Å²) in [6, 6.07) is 0. The Morgan fingerprint density at radius 3 is 2.84 bits per heavy atom. The van der Waals surface area contributed by atoms with E-state index in [2.05, 4.69) is 9.97 Å². The Balaban J connectivity index is 2.13. The van der Waals surface area contributed by atoms with Gasteiger partial charge >= 0.3 is 5.97 Å². The summed E-state index contributed by atoms with van der Waals surface area (Å²) in [5, 5.41) is 9.22. The second-order valence-electron chi connectivity index (χ2n) is 5.42. The van der Waals surface area contributed by atoms with Gasteiger partial charge in [-0.15, -0.1) is 0 Å². The van der Waals surface area contributed by atoms with Gasteiger partial charge in [0, 0.05) is 13.1 Å². The van der Waals surface area contributed by atoms with Crippen LogP contribution in [0.25, 0.3) is 0 Å². The number of ether oxygens (including phenoxy) is 1. The van der Waals surface area contributed by atoms with Gasteiger partial charge in [0.25, 0.3) is 0 Å². The maximum absolute atomic E-state index is 11.2. The van der Waals surface area contributed by atoms with Gasteiger partial charge in [0.15, 0.2) is 5.82 Å². The molecule has 0 radical (unpaired) electrons. The fraction of sp³-hybridized carbons (Fsp3) is 0.615. The van der Waals surface area contributed by atoms with Crippen molar-refractivity contribution in [3.63, 3.8) is 0 Å². The number of aliphatic carboxylic acids is 1. The first-order chi connectivity index (χ1) is 8.90. The third-order valence-electron chi connectivity index (χ3n) is 3.27. The Kier molecular flexibility index (Phi) is 3.59. The predicted molar refractivity (Wildman–Crippen MR) is 70.4 cm³/mol. The zero-order chi connectivity index (χ0) is 14.0.